The molecular weight excluding hydrogens is 293 g/mol. The third-order valence-electron chi connectivity index (χ3n) is 2.18. The molecule has 17 heavy (non-hydrogen) atoms. The molecule has 0 spiro atoms. The van der Waals surface area contributed by atoms with Crippen molar-refractivity contribution in [1.82, 2.24) is 9.55 Å². The van der Waals surface area contributed by atoms with Crippen molar-refractivity contribution in [2.75, 3.05) is 5.73 Å². The van der Waals surface area contributed by atoms with Crippen LogP contribution < -0.4 is 17.0 Å². The number of nitrogens with two attached hydrogens (primary N) is 1. The van der Waals surface area contributed by atoms with Crippen LogP contribution in [0.25, 0.3) is 5.69 Å². The highest BCUT2D eigenvalue weighted by atomic mass is 79.9. The molecule has 0 saturated heterocycles. The molecule has 0 aliphatic rings. The molecule has 0 unspecified atom stereocenters. The van der Waals surface area contributed by atoms with Gasteiger partial charge in [-0.15, -0.1) is 0 Å². The minimum atomic E-state index is -0.791. The Kier molecular flexibility index (Phi) is 2.84. The lowest BCUT2D eigenvalue weighted by Crippen LogP contribution is -2.32. The summed E-state index contributed by atoms with van der Waals surface area (Å²) < 4.78 is 14.4. The van der Waals surface area contributed by atoms with Gasteiger partial charge in [0.1, 0.15) is 16.1 Å². The van der Waals surface area contributed by atoms with Gasteiger partial charge in [0.2, 0.25) is 0 Å². The fourth-order valence-corrected chi connectivity index (χ4v) is 1.68. The lowest BCUT2D eigenvalue weighted by Gasteiger charge is -2.10. The van der Waals surface area contributed by atoms with Gasteiger partial charge in [-0.25, -0.2) is 13.8 Å². The molecule has 5 nitrogen and oxygen atoms in total. The van der Waals surface area contributed by atoms with Gasteiger partial charge < -0.3 is 5.73 Å². The number of aromatic amines is 1. The van der Waals surface area contributed by atoms with Gasteiger partial charge in [-0.2, -0.15) is 0 Å². The molecule has 2 aromatic rings. The molecule has 1 heterocycles. The van der Waals surface area contributed by atoms with Crippen LogP contribution in [0.4, 0.5) is 10.2 Å². The van der Waals surface area contributed by atoms with Gasteiger partial charge in [-0.3, -0.25) is 9.78 Å². The van der Waals surface area contributed by atoms with Gasteiger partial charge in [0.15, 0.2) is 0 Å². The summed E-state index contributed by atoms with van der Waals surface area (Å²) in [7, 11) is 0. The molecule has 0 aliphatic carbocycles. The summed E-state index contributed by atoms with van der Waals surface area (Å²) in [5.41, 5.74) is 4.15. The maximum atomic E-state index is 13.5. The van der Waals surface area contributed by atoms with Gasteiger partial charge in [-0.1, -0.05) is 12.1 Å². The highest BCUT2D eigenvalue weighted by Crippen LogP contribution is 2.18. The summed E-state index contributed by atoms with van der Waals surface area (Å²) >= 11 is 2.94. The average molecular weight is 300 g/mol. The quantitative estimate of drug-likeness (QED) is 0.824. The molecule has 88 valence electrons. The molecule has 0 saturated carbocycles. The van der Waals surface area contributed by atoms with Crippen LogP contribution in [0.5, 0.6) is 0 Å². The Balaban J connectivity index is 2.87. The number of aromatic nitrogens is 2. The minimum absolute atomic E-state index is 0.0136. The molecule has 0 aliphatic heterocycles. The summed E-state index contributed by atoms with van der Waals surface area (Å²) in [4.78, 5) is 24.9. The Morgan fingerprint density at radius 3 is 2.59 bits per heavy atom. The number of para-hydroxylation sites is 1. The Labute approximate surface area is 103 Å². The number of rotatable bonds is 1. The molecule has 0 fully saturated rings. The molecule has 1 aromatic heterocycles. The first kappa shape index (κ1) is 11.6. The van der Waals surface area contributed by atoms with Crippen molar-refractivity contribution >= 4 is 21.7 Å². The average Bonchev–Trinajstić information content (AvgIpc) is 2.29. The topological polar surface area (TPSA) is 80.9 Å². The lowest BCUT2D eigenvalue weighted by molar-refractivity contribution is 0.615. The number of H-pyrrole nitrogens is 1. The number of anilines is 1. The lowest BCUT2D eigenvalue weighted by atomic mass is 10.3. The van der Waals surface area contributed by atoms with E-state index in [1.165, 1.54) is 18.2 Å². The number of nitrogens with zero attached hydrogens (tertiary/aromatic N) is 1. The van der Waals surface area contributed by atoms with Crippen LogP contribution in [0.1, 0.15) is 0 Å². The fraction of sp³-hybridized carbons (Fsp3) is 0. The molecule has 3 N–H and O–H groups in total. The third kappa shape index (κ3) is 1.89. The van der Waals surface area contributed by atoms with E-state index in [4.69, 9.17) is 5.73 Å². The fourth-order valence-electron chi connectivity index (χ4n) is 1.40. The van der Waals surface area contributed by atoms with Crippen LogP contribution in [-0.2, 0) is 0 Å². The highest BCUT2D eigenvalue weighted by molar-refractivity contribution is 9.10. The first-order valence-electron chi connectivity index (χ1n) is 4.57. The Hall–Kier alpha value is -1.89. The number of benzene rings is 1. The van der Waals surface area contributed by atoms with Crippen molar-refractivity contribution in [1.29, 1.82) is 0 Å². The maximum Gasteiger partial charge on any atom is 0.334 e. The van der Waals surface area contributed by atoms with E-state index in [9.17, 15) is 14.0 Å². The van der Waals surface area contributed by atoms with Crippen molar-refractivity contribution in [2.45, 2.75) is 0 Å². The van der Waals surface area contributed by atoms with Crippen LogP contribution in [-0.4, -0.2) is 9.55 Å². The van der Waals surface area contributed by atoms with Crippen LogP contribution in [0, 0.1) is 5.82 Å². The molecule has 0 atom stereocenters. The normalized spacial score (nSPS) is 10.5. The van der Waals surface area contributed by atoms with E-state index in [1.54, 1.807) is 6.07 Å². The largest absolute Gasteiger partial charge is 0.384 e. The Morgan fingerprint density at radius 2 is 1.94 bits per heavy atom. The van der Waals surface area contributed by atoms with E-state index in [-0.39, 0.29) is 16.0 Å². The number of nitrogens with one attached hydrogen (secondary N) is 1. The first-order chi connectivity index (χ1) is 8.02. The molecule has 1 aromatic carbocycles. The standard InChI is InChI=1S/C10H7BrFN3O2/c11-7-8(13)15(10(17)14-9(7)16)6-4-2-1-3-5(6)12/h1-4H,13H2,(H,14,16,17). The molecule has 0 bridgehead atoms. The van der Waals surface area contributed by atoms with Crippen molar-refractivity contribution in [3.63, 3.8) is 0 Å². The van der Waals surface area contributed by atoms with E-state index in [0.29, 0.717) is 0 Å². The van der Waals surface area contributed by atoms with Crippen LogP contribution in [0.3, 0.4) is 0 Å². The second-order valence-electron chi connectivity index (χ2n) is 3.25. The summed E-state index contributed by atoms with van der Waals surface area (Å²) in [6, 6.07) is 5.63. The van der Waals surface area contributed by atoms with E-state index in [1.807, 2.05) is 4.98 Å². The van der Waals surface area contributed by atoms with Gasteiger partial charge in [0.05, 0.1) is 5.69 Å². The van der Waals surface area contributed by atoms with Gasteiger partial charge in [-0.05, 0) is 28.1 Å². The number of nitrogen functional groups attached to an aromatic ring is 1. The molecule has 0 radical (unpaired) electrons. The molecule has 0 amide bonds. The smallest absolute Gasteiger partial charge is 0.334 e. The SMILES string of the molecule is Nc1c(Br)c(=O)[nH]c(=O)n1-c1ccccc1F. The first-order valence-corrected chi connectivity index (χ1v) is 5.37. The number of halogens is 2. The van der Waals surface area contributed by atoms with Crippen molar-refractivity contribution < 1.29 is 4.39 Å². The van der Waals surface area contributed by atoms with E-state index >= 15 is 0 Å². The summed E-state index contributed by atoms with van der Waals surface area (Å²) in [6.07, 6.45) is 0. The predicted octanol–water partition coefficient (Wildman–Crippen LogP) is 1.01. The summed E-state index contributed by atoms with van der Waals surface area (Å²) in [5.74, 6) is -0.760. The summed E-state index contributed by atoms with van der Waals surface area (Å²) in [5, 5.41) is 0. The zero-order valence-corrected chi connectivity index (χ0v) is 9.99. The van der Waals surface area contributed by atoms with Gasteiger partial charge in [0.25, 0.3) is 5.56 Å². The second kappa shape index (κ2) is 4.17. The number of hydrogen-bond acceptors (Lipinski definition) is 3. The van der Waals surface area contributed by atoms with Crippen molar-refractivity contribution in [3.05, 3.63) is 55.4 Å². The Bertz CT molecular complexity index is 693. The monoisotopic (exact) mass is 299 g/mol. The van der Waals surface area contributed by atoms with Crippen LogP contribution in [0.15, 0.2) is 38.3 Å². The highest BCUT2D eigenvalue weighted by Gasteiger charge is 2.13. The van der Waals surface area contributed by atoms with E-state index < -0.39 is 17.1 Å². The zero-order valence-electron chi connectivity index (χ0n) is 8.41. The molecule has 2 rings (SSSR count). The third-order valence-corrected chi connectivity index (χ3v) is 2.95. The molecule has 7 heteroatoms. The maximum absolute atomic E-state index is 13.5. The van der Waals surface area contributed by atoms with Gasteiger partial charge in [0, 0.05) is 0 Å². The minimum Gasteiger partial charge on any atom is -0.384 e. The summed E-state index contributed by atoms with van der Waals surface area (Å²) in [6.45, 7) is 0. The second-order valence-corrected chi connectivity index (χ2v) is 4.04. The number of hydrogen-bond donors (Lipinski definition) is 2. The molecular formula is C10H7BrFN3O2. The Morgan fingerprint density at radius 1 is 1.29 bits per heavy atom. The van der Waals surface area contributed by atoms with Gasteiger partial charge >= 0.3 is 5.69 Å². The van der Waals surface area contributed by atoms with Crippen LogP contribution in [0.2, 0.25) is 0 Å². The van der Waals surface area contributed by atoms with Crippen molar-refractivity contribution in [2.24, 2.45) is 0 Å². The zero-order chi connectivity index (χ0) is 12.6. The predicted molar refractivity (Wildman–Crippen MR) is 64.7 cm³/mol. The van der Waals surface area contributed by atoms with E-state index in [2.05, 4.69) is 15.9 Å². The van der Waals surface area contributed by atoms with Crippen molar-refractivity contribution in [3.8, 4) is 5.69 Å². The van der Waals surface area contributed by atoms with Crippen LogP contribution >= 0.6 is 15.9 Å². The van der Waals surface area contributed by atoms with E-state index in [0.717, 1.165) is 4.57 Å².